The first-order chi connectivity index (χ1) is 9.19. The van der Waals surface area contributed by atoms with Crippen molar-refractivity contribution in [1.82, 2.24) is 14.7 Å². The van der Waals surface area contributed by atoms with Gasteiger partial charge in [-0.05, 0) is 12.8 Å². The molecule has 2 aromatic heterocycles. The van der Waals surface area contributed by atoms with Crippen molar-refractivity contribution in [2.75, 3.05) is 13.2 Å². The normalized spacial score (nSPS) is 10.8. The Morgan fingerprint density at radius 1 is 1.58 bits per heavy atom. The van der Waals surface area contributed by atoms with Gasteiger partial charge in [0.25, 0.3) is 11.5 Å². The molecule has 2 rings (SSSR count). The van der Waals surface area contributed by atoms with Crippen molar-refractivity contribution in [1.29, 1.82) is 0 Å². The van der Waals surface area contributed by atoms with Crippen molar-refractivity contribution in [2.24, 2.45) is 0 Å². The van der Waals surface area contributed by atoms with Gasteiger partial charge in [0.1, 0.15) is 5.56 Å². The van der Waals surface area contributed by atoms with E-state index < -0.39 is 5.91 Å². The van der Waals surface area contributed by atoms with Gasteiger partial charge in [0, 0.05) is 24.7 Å². The molecule has 0 aliphatic carbocycles. The lowest BCUT2D eigenvalue weighted by atomic mass is 10.1. The van der Waals surface area contributed by atoms with E-state index in [1.54, 1.807) is 11.6 Å². The second-order valence-corrected chi connectivity index (χ2v) is 4.85. The molecular formula is C12H15N3O3S. The molecule has 0 radical (unpaired) electrons. The van der Waals surface area contributed by atoms with Crippen LogP contribution in [0.25, 0.3) is 4.96 Å². The van der Waals surface area contributed by atoms with Gasteiger partial charge in [-0.15, -0.1) is 11.3 Å². The van der Waals surface area contributed by atoms with Crippen LogP contribution in [0.2, 0.25) is 0 Å². The summed E-state index contributed by atoms with van der Waals surface area (Å²) in [4.78, 5) is 29.2. The number of nitrogens with one attached hydrogen (secondary N) is 1. The minimum absolute atomic E-state index is 0.00170. The Labute approximate surface area is 113 Å². The fraction of sp³-hybridized carbons (Fsp3) is 0.417. The number of amides is 1. The molecule has 2 aromatic rings. The molecule has 0 atom stereocenters. The van der Waals surface area contributed by atoms with Crippen molar-refractivity contribution >= 4 is 22.2 Å². The highest BCUT2D eigenvalue weighted by molar-refractivity contribution is 7.15. The van der Waals surface area contributed by atoms with Crippen LogP contribution in [0, 0.1) is 0 Å². The summed E-state index contributed by atoms with van der Waals surface area (Å²) < 4.78 is 1.38. The number of aliphatic hydroxyl groups is 1. The first-order valence-electron chi connectivity index (χ1n) is 6.06. The van der Waals surface area contributed by atoms with E-state index in [2.05, 4.69) is 10.3 Å². The summed E-state index contributed by atoms with van der Waals surface area (Å²) in [5, 5.41) is 13.1. The van der Waals surface area contributed by atoms with Crippen molar-refractivity contribution in [2.45, 2.75) is 19.8 Å². The molecular weight excluding hydrogens is 266 g/mol. The summed E-state index contributed by atoms with van der Waals surface area (Å²) in [7, 11) is 0. The van der Waals surface area contributed by atoms with E-state index in [1.807, 2.05) is 6.92 Å². The van der Waals surface area contributed by atoms with Crippen molar-refractivity contribution in [3.8, 4) is 0 Å². The van der Waals surface area contributed by atoms with Crippen LogP contribution < -0.4 is 10.9 Å². The maximum absolute atomic E-state index is 12.3. The molecule has 0 aliphatic rings. The smallest absolute Gasteiger partial charge is 0.271 e. The Morgan fingerprint density at radius 2 is 2.37 bits per heavy atom. The summed E-state index contributed by atoms with van der Waals surface area (Å²) in [6.45, 7) is 2.20. The van der Waals surface area contributed by atoms with E-state index >= 15 is 0 Å². The second-order valence-electron chi connectivity index (χ2n) is 3.98. The van der Waals surface area contributed by atoms with Gasteiger partial charge in [-0.1, -0.05) is 6.92 Å². The Hall–Kier alpha value is -1.73. The molecule has 102 valence electrons. The number of carbonyl (C=O) groups excluding carboxylic acids is 1. The summed E-state index contributed by atoms with van der Waals surface area (Å²) in [5.74, 6) is -0.427. The average Bonchev–Trinajstić information content (AvgIpc) is 2.87. The molecule has 0 spiro atoms. The zero-order chi connectivity index (χ0) is 13.8. The number of thiazole rings is 1. The lowest BCUT2D eigenvalue weighted by Crippen LogP contribution is -2.33. The fourth-order valence-corrected chi connectivity index (χ4v) is 2.50. The highest BCUT2D eigenvalue weighted by atomic mass is 32.1. The number of aromatic nitrogens is 2. The van der Waals surface area contributed by atoms with Crippen molar-refractivity contribution in [3.63, 3.8) is 0 Å². The molecule has 2 heterocycles. The van der Waals surface area contributed by atoms with Gasteiger partial charge in [-0.2, -0.15) is 0 Å². The number of aliphatic hydroxyl groups excluding tert-OH is 1. The first-order valence-corrected chi connectivity index (χ1v) is 6.94. The Kier molecular flexibility index (Phi) is 4.28. The Morgan fingerprint density at radius 3 is 3.05 bits per heavy atom. The highest BCUT2D eigenvalue weighted by Crippen LogP contribution is 2.10. The molecule has 1 amide bonds. The number of hydrogen-bond acceptors (Lipinski definition) is 5. The first kappa shape index (κ1) is 13.7. The third kappa shape index (κ3) is 2.66. The van der Waals surface area contributed by atoms with Gasteiger partial charge in [0.15, 0.2) is 4.96 Å². The van der Waals surface area contributed by atoms with Gasteiger partial charge in [-0.25, -0.2) is 4.98 Å². The van der Waals surface area contributed by atoms with E-state index in [0.717, 1.165) is 0 Å². The summed E-state index contributed by atoms with van der Waals surface area (Å²) >= 11 is 1.36. The Bertz CT molecular complexity index is 647. The lowest BCUT2D eigenvalue weighted by molar-refractivity contribution is 0.0948. The molecule has 0 aliphatic heterocycles. The highest BCUT2D eigenvalue weighted by Gasteiger charge is 2.18. The number of hydrogen-bond donors (Lipinski definition) is 2. The van der Waals surface area contributed by atoms with E-state index in [9.17, 15) is 9.59 Å². The van der Waals surface area contributed by atoms with Gasteiger partial charge in [0.05, 0.1) is 5.69 Å². The largest absolute Gasteiger partial charge is 0.396 e. The van der Waals surface area contributed by atoms with Crippen LogP contribution in [0.3, 0.4) is 0 Å². The zero-order valence-corrected chi connectivity index (χ0v) is 11.4. The topological polar surface area (TPSA) is 83.7 Å². The van der Waals surface area contributed by atoms with Gasteiger partial charge in [-0.3, -0.25) is 14.0 Å². The van der Waals surface area contributed by atoms with Crippen LogP contribution in [0.5, 0.6) is 0 Å². The quantitative estimate of drug-likeness (QED) is 0.779. The summed E-state index contributed by atoms with van der Waals surface area (Å²) in [6, 6.07) is 0. The lowest BCUT2D eigenvalue weighted by Gasteiger charge is -2.07. The van der Waals surface area contributed by atoms with Gasteiger partial charge >= 0.3 is 0 Å². The number of fused-ring (bicyclic) bond motifs is 1. The monoisotopic (exact) mass is 281 g/mol. The van der Waals surface area contributed by atoms with Gasteiger partial charge in [0.2, 0.25) is 0 Å². The number of nitrogens with zero attached hydrogens (tertiary/aromatic N) is 2. The SMILES string of the molecule is CCc1nc2sccn2c(=O)c1C(=O)NCCCO. The molecule has 0 unspecified atom stereocenters. The minimum atomic E-state index is -0.427. The molecule has 0 fully saturated rings. The predicted octanol–water partition coefficient (Wildman–Crippen LogP) is 0.431. The van der Waals surface area contributed by atoms with Crippen LogP contribution in [-0.4, -0.2) is 33.6 Å². The standard InChI is InChI=1S/C12H15N3O3S/c1-2-8-9(10(17)13-4-3-6-16)11(18)15-5-7-19-12(15)14-8/h5,7,16H,2-4,6H2,1H3,(H,13,17). The molecule has 2 N–H and O–H groups in total. The molecule has 0 bridgehead atoms. The third-order valence-electron chi connectivity index (χ3n) is 2.72. The van der Waals surface area contributed by atoms with Crippen LogP contribution in [0.4, 0.5) is 0 Å². The van der Waals surface area contributed by atoms with E-state index in [-0.39, 0.29) is 17.7 Å². The van der Waals surface area contributed by atoms with E-state index in [1.165, 1.54) is 15.7 Å². The zero-order valence-electron chi connectivity index (χ0n) is 10.5. The number of carbonyl (C=O) groups is 1. The molecule has 0 saturated carbocycles. The number of aryl methyl sites for hydroxylation is 1. The molecule has 19 heavy (non-hydrogen) atoms. The maximum atomic E-state index is 12.3. The van der Waals surface area contributed by atoms with Crippen LogP contribution in [0.1, 0.15) is 29.4 Å². The second kappa shape index (κ2) is 5.94. The molecule has 0 aromatic carbocycles. The van der Waals surface area contributed by atoms with E-state index in [0.29, 0.717) is 30.0 Å². The molecule has 0 saturated heterocycles. The summed E-state index contributed by atoms with van der Waals surface area (Å²) in [5.41, 5.74) is 0.259. The Balaban J connectivity index is 2.42. The molecule has 7 heteroatoms. The van der Waals surface area contributed by atoms with Crippen molar-refractivity contribution < 1.29 is 9.90 Å². The van der Waals surface area contributed by atoms with Crippen LogP contribution in [-0.2, 0) is 6.42 Å². The number of rotatable bonds is 5. The maximum Gasteiger partial charge on any atom is 0.271 e. The van der Waals surface area contributed by atoms with Crippen LogP contribution in [0.15, 0.2) is 16.4 Å². The van der Waals surface area contributed by atoms with Crippen molar-refractivity contribution in [3.05, 3.63) is 33.2 Å². The van der Waals surface area contributed by atoms with Crippen LogP contribution >= 0.6 is 11.3 Å². The third-order valence-corrected chi connectivity index (χ3v) is 3.48. The average molecular weight is 281 g/mol. The molecule has 6 nitrogen and oxygen atoms in total. The fourth-order valence-electron chi connectivity index (χ4n) is 1.78. The van der Waals surface area contributed by atoms with E-state index in [4.69, 9.17) is 5.11 Å². The predicted molar refractivity (Wildman–Crippen MR) is 72.8 cm³/mol. The minimum Gasteiger partial charge on any atom is -0.396 e. The summed E-state index contributed by atoms with van der Waals surface area (Å²) in [6.07, 6.45) is 2.59. The van der Waals surface area contributed by atoms with Gasteiger partial charge < -0.3 is 10.4 Å².